The second-order valence-corrected chi connectivity index (χ2v) is 7.56. The Labute approximate surface area is 180 Å². The maximum atomic E-state index is 13.5. The molecule has 0 saturated heterocycles. The molecule has 32 heavy (non-hydrogen) atoms. The van der Waals surface area contributed by atoms with Gasteiger partial charge in [0.05, 0.1) is 0 Å². The molecule has 0 aliphatic carbocycles. The van der Waals surface area contributed by atoms with Crippen molar-refractivity contribution in [1.29, 1.82) is 5.26 Å². The van der Waals surface area contributed by atoms with E-state index in [1.807, 2.05) is 0 Å². The molecule has 0 saturated carbocycles. The molecule has 1 N–H and O–H groups in total. The first-order valence-electron chi connectivity index (χ1n) is 8.96. The first-order chi connectivity index (χ1) is 14.8. The summed E-state index contributed by atoms with van der Waals surface area (Å²) in [6, 6.07) is 6.05. The normalized spacial score (nSPS) is 11.3. The van der Waals surface area contributed by atoms with Crippen molar-refractivity contribution in [3.8, 4) is 6.07 Å². The van der Waals surface area contributed by atoms with Crippen LogP contribution >= 0.6 is 0 Å². The lowest BCUT2D eigenvalue weighted by Gasteiger charge is -2.36. The van der Waals surface area contributed by atoms with E-state index in [4.69, 9.17) is 5.26 Å². The zero-order valence-corrected chi connectivity index (χ0v) is 17.1. The Balaban J connectivity index is 2.53. The van der Waals surface area contributed by atoms with E-state index in [9.17, 15) is 27.2 Å². The number of benzene rings is 1. The summed E-state index contributed by atoms with van der Waals surface area (Å²) in [4.78, 5) is 36.3. The van der Waals surface area contributed by atoms with Crippen LogP contribution in [0.1, 0.15) is 26.6 Å². The van der Waals surface area contributed by atoms with Crippen molar-refractivity contribution in [2.45, 2.75) is 26.9 Å². The zero-order valence-electron chi connectivity index (χ0n) is 17.1. The number of hydroxylamine groups is 1. The molecule has 0 fully saturated rings. The summed E-state index contributed by atoms with van der Waals surface area (Å²) in [6.45, 7) is 4.90. The number of aromatic nitrogens is 2. The summed E-state index contributed by atoms with van der Waals surface area (Å²) >= 11 is 0. The monoisotopic (exact) mass is 454 g/mol. The van der Waals surface area contributed by atoms with Gasteiger partial charge in [-0.05, 0) is 28.8 Å². The summed E-state index contributed by atoms with van der Waals surface area (Å²) in [7, 11) is 0. The highest BCUT2D eigenvalue weighted by Crippen LogP contribution is 2.25. The summed E-state index contributed by atoms with van der Waals surface area (Å²) in [5, 5.41) is 12.1. The van der Waals surface area contributed by atoms with E-state index in [1.54, 1.807) is 26.8 Å². The number of halogens is 4. The second kappa shape index (κ2) is 9.46. The van der Waals surface area contributed by atoms with Gasteiger partial charge in [0.25, 0.3) is 0 Å². The fourth-order valence-electron chi connectivity index (χ4n) is 2.30. The zero-order chi connectivity index (χ0) is 24.1. The number of anilines is 2. The number of hydrazine groups is 1. The molecular weight excluding hydrogens is 436 g/mol. The average molecular weight is 454 g/mol. The first kappa shape index (κ1) is 24.3. The van der Waals surface area contributed by atoms with Gasteiger partial charge in [-0.15, -0.1) is 0 Å². The number of nitrogens with zero attached hydrogens (tertiary/aromatic N) is 5. The second-order valence-electron chi connectivity index (χ2n) is 7.56. The maximum absolute atomic E-state index is 13.5. The molecule has 13 heteroatoms. The minimum atomic E-state index is -5.42. The van der Waals surface area contributed by atoms with Gasteiger partial charge in [-0.2, -0.15) is 23.4 Å². The van der Waals surface area contributed by atoms with Gasteiger partial charge in [0, 0.05) is 24.5 Å². The van der Waals surface area contributed by atoms with E-state index in [1.165, 1.54) is 18.2 Å². The molecule has 0 spiro atoms. The van der Waals surface area contributed by atoms with Crippen LogP contribution in [0.2, 0.25) is 0 Å². The molecule has 1 aromatic heterocycles. The molecule has 0 aliphatic rings. The largest absolute Gasteiger partial charge is 0.493 e. The summed E-state index contributed by atoms with van der Waals surface area (Å²) in [5.41, 5.74) is -0.779. The lowest BCUT2D eigenvalue weighted by atomic mass is 9.97. The van der Waals surface area contributed by atoms with Gasteiger partial charge >= 0.3 is 18.2 Å². The van der Waals surface area contributed by atoms with E-state index < -0.39 is 29.4 Å². The predicted octanol–water partition coefficient (Wildman–Crippen LogP) is 3.81. The SMILES string of the molecule is CC(C)(C)CN(c1ccnc(C#N)n1)N(OC(=O)C(F)(F)F)C(=O)Nc1cccc(F)c1. The summed E-state index contributed by atoms with van der Waals surface area (Å²) in [6.07, 6.45) is -4.28. The number of alkyl halides is 3. The molecule has 0 unspecified atom stereocenters. The van der Waals surface area contributed by atoms with E-state index in [0.29, 0.717) is 0 Å². The van der Waals surface area contributed by atoms with Crippen LogP contribution in [0.4, 0.5) is 33.9 Å². The first-order valence-corrected chi connectivity index (χ1v) is 8.96. The van der Waals surface area contributed by atoms with Crippen molar-refractivity contribution >= 4 is 23.5 Å². The number of urea groups is 1. The van der Waals surface area contributed by atoms with Crippen LogP contribution < -0.4 is 10.3 Å². The van der Waals surface area contributed by atoms with Crippen LogP contribution in [0.3, 0.4) is 0 Å². The van der Waals surface area contributed by atoms with Gasteiger partial charge in [-0.1, -0.05) is 26.8 Å². The predicted molar refractivity (Wildman–Crippen MR) is 103 cm³/mol. The van der Waals surface area contributed by atoms with Crippen LogP contribution in [0.15, 0.2) is 36.5 Å². The van der Waals surface area contributed by atoms with Crippen molar-refractivity contribution in [2.75, 3.05) is 16.9 Å². The fourth-order valence-corrected chi connectivity index (χ4v) is 2.30. The molecule has 0 radical (unpaired) electrons. The molecule has 2 rings (SSSR count). The third kappa shape index (κ3) is 6.79. The van der Waals surface area contributed by atoms with Crippen molar-refractivity contribution in [2.24, 2.45) is 5.41 Å². The molecule has 170 valence electrons. The lowest BCUT2D eigenvalue weighted by molar-refractivity contribution is -0.229. The lowest BCUT2D eigenvalue weighted by Crippen LogP contribution is -2.54. The van der Waals surface area contributed by atoms with Crippen molar-refractivity contribution < 1.29 is 32.0 Å². The fraction of sp³-hybridized carbons (Fsp3) is 0.316. The Kier molecular flexibility index (Phi) is 7.19. The molecule has 0 bridgehead atoms. The molecule has 0 aliphatic heterocycles. The number of rotatable bonds is 4. The van der Waals surface area contributed by atoms with Gasteiger partial charge in [0.2, 0.25) is 5.82 Å². The molecule has 1 heterocycles. The molecule has 2 amide bonds. The van der Waals surface area contributed by atoms with Gasteiger partial charge in [-0.25, -0.2) is 24.0 Å². The summed E-state index contributed by atoms with van der Waals surface area (Å²) in [5.74, 6) is -3.94. The van der Waals surface area contributed by atoms with E-state index in [2.05, 4.69) is 20.1 Å². The number of nitrogens with one attached hydrogen (secondary N) is 1. The van der Waals surface area contributed by atoms with Crippen LogP contribution in [0.5, 0.6) is 0 Å². The Morgan fingerprint density at radius 3 is 2.47 bits per heavy atom. The number of hydrogen-bond donors (Lipinski definition) is 1. The van der Waals surface area contributed by atoms with Crippen molar-refractivity contribution in [3.63, 3.8) is 0 Å². The van der Waals surface area contributed by atoms with Gasteiger partial charge in [-0.3, -0.25) is 0 Å². The maximum Gasteiger partial charge on any atom is 0.493 e. The number of nitriles is 1. The Morgan fingerprint density at radius 2 is 1.91 bits per heavy atom. The van der Waals surface area contributed by atoms with Crippen molar-refractivity contribution in [1.82, 2.24) is 15.1 Å². The highest BCUT2D eigenvalue weighted by Gasteiger charge is 2.45. The molecule has 9 nitrogen and oxygen atoms in total. The molecule has 2 aromatic rings. The minimum absolute atomic E-state index is 0.0233. The van der Waals surface area contributed by atoms with Gasteiger partial charge in [0.1, 0.15) is 11.9 Å². The molecular formula is C19H18F4N6O3. The smallest absolute Gasteiger partial charge is 0.306 e. The van der Waals surface area contributed by atoms with Crippen LogP contribution in [-0.4, -0.2) is 39.9 Å². The van der Waals surface area contributed by atoms with Crippen LogP contribution in [0.25, 0.3) is 0 Å². The number of carbonyl (C=O) groups is 2. The Bertz CT molecular complexity index is 1030. The molecule has 1 aromatic carbocycles. The third-order valence-electron chi connectivity index (χ3n) is 3.50. The van der Waals surface area contributed by atoms with E-state index >= 15 is 0 Å². The van der Waals surface area contributed by atoms with Crippen LogP contribution in [-0.2, 0) is 9.63 Å². The minimum Gasteiger partial charge on any atom is -0.306 e. The van der Waals surface area contributed by atoms with E-state index in [-0.39, 0.29) is 29.0 Å². The van der Waals surface area contributed by atoms with Gasteiger partial charge < -0.3 is 10.2 Å². The Hall–Kier alpha value is -3.95. The third-order valence-corrected chi connectivity index (χ3v) is 3.50. The highest BCUT2D eigenvalue weighted by molar-refractivity contribution is 5.90. The topological polar surface area (TPSA) is 111 Å². The van der Waals surface area contributed by atoms with E-state index in [0.717, 1.165) is 23.3 Å². The summed E-state index contributed by atoms with van der Waals surface area (Å²) < 4.78 is 52.2. The number of carbonyl (C=O) groups excluding carboxylic acids is 2. The standard InChI is InChI=1S/C19H18F4N6O3/c1-18(2,3)11-28(15-7-8-25-14(10-24)27-15)29(32-16(30)19(21,22)23)17(31)26-13-6-4-5-12(20)9-13/h4-9H,11H2,1-3H3,(H,26,31). The Morgan fingerprint density at radius 1 is 1.22 bits per heavy atom. The molecule has 0 atom stereocenters. The quantitative estimate of drug-likeness (QED) is 0.552. The van der Waals surface area contributed by atoms with Crippen molar-refractivity contribution in [3.05, 3.63) is 48.2 Å². The number of amides is 2. The average Bonchev–Trinajstić information content (AvgIpc) is 2.68. The van der Waals surface area contributed by atoms with Gasteiger partial charge in [0.15, 0.2) is 5.82 Å². The highest BCUT2D eigenvalue weighted by atomic mass is 19.4. The van der Waals surface area contributed by atoms with Crippen LogP contribution in [0, 0.1) is 22.6 Å². The number of hydrogen-bond acceptors (Lipinski definition) is 7.